The van der Waals surface area contributed by atoms with Gasteiger partial charge in [-0.15, -0.1) is 0 Å². The number of benzene rings is 1. The number of rotatable bonds is 0. The molecule has 1 aromatic rings. The van der Waals surface area contributed by atoms with Crippen molar-refractivity contribution in [1.29, 1.82) is 0 Å². The number of phenols is 1. The van der Waals surface area contributed by atoms with Crippen LogP contribution < -0.4 is 0 Å². The zero-order valence-electron chi connectivity index (χ0n) is 8.39. The van der Waals surface area contributed by atoms with E-state index < -0.39 is 0 Å². The van der Waals surface area contributed by atoms with E-state index in [0.717, 1.165) is 12.0 Å². The maximum absolute atomic E-state index is 9.53. The lowest BCUT2D eigenvalue weighted by Gasteiger charge is -2.08. The van der Waals surface area contributed by atoms with Gasteiger partial charge in [-0.3, -0.25) is 0 Å². The molecular weight excluding hydrogens is 148 g/mol. The first-order valence-corrected chi connectivity index (χ1v) is 4.18. The van der Waals surface area contributed by atoms with Gasteiger partial charge < -0.3 is 5.11 Å². The van der Waals surface area contributed by atoms with Crippen LogP contribution in [0, 0.1) is 13.8 Å². The summed E-state index contributed by atoms with van der Waals surface area (Å²) in [6.07, 6.45) is 5.25. The van der Waals surface area contributed by atoms with E-state index in [2.05, 4.69) is 12.2 Å². The fourth-order valence-electron chi connectivity index (χ4n) is 1.77. The van der Waals surface area contributed by atoms with Gasteiger partial charge in [-0.1, -0.05) is 12.2 Å². The van der Waals surface area contributed by atoms with Crippen LogP contribution in [0.25, 0.3) is 6.08 Å². The van der Waals surface area contributed by atoms with Crippen molar-refractivity contribution in [1.82, 2.24) is 0 Å². The van der Waals surface area contributed by atoms with Gasteiger partial charge in [0.25, 0.3) is 0 Å². The second-order valence-corrected chi connectivity index (χ2v) is 3.34. The molecule has 1 aromatic carbocycles. The molecule has 1 N–H and O–H groups in total. The summed E-state index contributed by atoms with van der Waals surface area (Å²) in [5.41, 5.74) is 4.78. The van der Waals surface area contributed by atoms with Gasteiger partial charge in [0.05, 0.1) is 0 Å². The summed E-state index contributed by atoms with van der Waals surface area (Å²) < 4.78 is 0. The minimum absolute atomic E-state index is 0. The van der Waals surface area contributed by atoms with E-state index in [1.807, 2.05) is 19.9 Å². The van der Waals surface area contributed by atoms with Crippen molar-refractivity contribution in [2.45, 2.75) is 20.3 Å². The first-order valence-electron chi connectivity index (χ1n) is 4.18. The van der Waals surface area contributed by atoms with Gasteiger partial charge in [-0.05, 0) is 48.6 Å². The minimum Gasteiger partial charge on any atom is -0.508 e. The lowest BCUT2D eigenvalue weighted by atomic mass is 9.99. The summed E-state index contributed by atoms with van der Waals surface area (Å²) in [6, 6.07) is 1.85. The molecule has 0 bridgehead atoms. The van der Waals surface area contributed by atoms with Crippen LogP contribution in [0.3, 0.4) is 0 Å². The lowest BCUT2D eigenvalue weighted by molar-refractivity contribution is 0.470. The second kappa shape index (κ2) is 2.37. The van der Waals surface area contributed by atoms with Gasteiger partial charge in [-0.25, -0.2) is 0 Å². The molecule has 1 aliphatic rings. The number of allylic oxidation sites excluding steroid dienone is 1. The number of hydrogen-bond donors (Lipinski definition) is 1. The molecule has 0 atom stereocenters. The van der Waals surface area contributed by atoms with Crippen LogP contribution in [0.4, 0.5) is 0 Å². The SMILES string of the molecule is Cc1cc(O)c(C)c2c1CC=C2.[H+]. The van der Waals surface area contributed by atoms with Crippen molar-refractivity contribution >= 4 is 6.08 Å². The van der Waals surface area contributed by atoms with Gasteiger partial charge in [0.2, 0.25) is 0 Å². The highest BCUT2D eigenvalue weighted by molar-refractivity contribution is 5.67. The average Bonchev–Trinajstić information content (AvgIpc) is 2.48. The molecule has 1 nitrogen and oxygen atoms in total. The summed E-state index contributed by atoms with van der Waals surface area (Å²) in [5.74, 6) is 0.415. The summed E-state index contributed by atoms with van der Waals surface area (Å²) in [4.78, 5) is 0. The first-order chi connectivity index (χ1) is 5.70. The van der Waals surface area contributed by atoms with Gasteiger partial charge in [0.1, 0.15) is 5.75 Å². The highest BCUT2D eigenvalue weighted by Crippen LogP contribution is 2.31. The summed E-state index contributed by atoms with van der Waals surface area (Å²) in [5, 5.41) is 9.53. The van der Waals surface area contributed by atoms with E-state index in [0.29, 0.717) is 5.75 Å². The van der Waals surface area contributed by atoms with Crippen molar-refractivity contribution in [3.63, 3.8) is 0 Å². The average molecular weight is 161 g/mol. The molecule has 12 heavy (non-hydrogen) atoms. The van der Waals surface area contributed by atoms with Crippen LogP contribution >= 0.6 is 0 Å². The molecule has 0 unspecified atom stereocenters. The maximum atomic E-state index is 9.53. The third-order valence-corrected chi connectivity index (χ3v) is 2.55. The molecule has 0 saturated heterocycles. The quantitative estimate of drug-likeness (QED) is 0.620. The highest BCUT2D eigenvalue weighted by atomic mass is 16.3. The Balaban J connectivity index is 0.000000845. The van der Waals surface area contributed by atoms with Crippen molar-refractivity contribution in [3.8, 4) is 5.75 Å². The van der Waals surface area contributed by atoms with E-state index in [-0.39, 0.29) is 1.43 Å². The molecule has 62 valence electrons. The second-order valence-electron chi connectivity index (χ2n) is 3.34. The Morgan fingerprint density at radius 1 is 1.42 bits per heavy atom. The van der Waals surface area contributed by atoms with Crippen LogP contribution in [0.2, 0.25) is 0 Å². The molecular formula is C11H13O+. The predicted molar refractivity (Wildman–Crippen MR) is 51.4 cm³/mol. The molecule has 2 rings (SSSR count). The first kappa shape index (κ1) is 7.41. The Morgan fingerprint density at radius 3 is 2.92 bits per heavy atom. The number of fused-ring (bicyclic) bond motifs is 1. The molecule has 0 radical (unpaired) electrons. The molecule has 0 amide bonds. The predicted octanol–water partition coefficient (Wildman–Crippen LogP) is 2.69. The fraction of sp³-hybridized carbons (Fsp3) is 0.273. The fourth-order valence-corrected chi connectivity index (χ4v) is 1.77. The number of aromatic hydroxyl groups is 1. The number of aryl methyl sites for hydroxylation is 1. The zero-order chi connectivity index (χ0) is 8.72. The van der Waals surface area contributed by atoms with Gasteiger partial charge >= 0.3 is 1.43 Å². The van der Waals surface area contributed by atoms with Crippen molar-refractivity contribution in [3.05, 3.63) is 34.4 Å². The Kier molecular flexibility index (Phi) is 1.47. The maximum Gasteiger partial charge on any atom is 1.00 e. The molecule has 0 fully saturated rings. The van der Waals surface area contributed by atoms with E-state index >= 15 is 0 Å². The molecule has 0 aliphatic heterocycles. The van der Waals surface area contributed by atoms with Crippen LogP contribution in [0.5, 0.6) is 5.75 Å². The topological polar surface area (TPSA) is 20.2 Å². The largest absolute Gasteiger partial charge is 1.00 e. The highest BCUT2D eigenvalue weighted by Gasteiger charge is 2.12. The standard InChI is InChI=1S/C11H12O/c1-7-6-11(12)8(2)10-5-3-4-9(7)10/h3,5-6,12H,4H2,1-2H3/p+1. The lowest BCUT2D eigenvalue weighted by Crippen LogP contribution is -1.91. The minimum atomic E-state index is 0. The zero-order valence-corrected chi connectivity index (χ0v) is 7.39. The summed E-state index contributed by atoms with van der Waals surface area (Å²) >= 11 is 0. The van der Waals surface area contributed by atoms with Gasteiger partial charge in [0, 0.05) is 0 Å². The van der Waals surface area contributed by atoms with Crippen LogP contribution in [0.1, 0.15) is 23.7 Å². The molecule has 0 spiro atoms. The third-order valence-electron chi connectivity index (χ3n) is 2.55. The van der Waals surface area contributed by atoms with Gasteiger partial charge in [-0.2, -0.15) is 0 Å². The Bertz CT molecular complexity index is 367. The number of phenolic OH excluding ortho intramolecular Hbond substituents is 1. The van der Waals surface area contributed by atoms with E-state index in [4.69, 9.17) is 0 Å². The van der Waals surface area contributed by atoms with Crippen LogP contribution in [-0.4, -0.2) is 5.11 Å². The smallest absolute Gasteiger partial charge is 0.508 e. The molecule has 0 aromatic heterocycles. The van der Waals surface area contributed by atoms with Crippen molar-refractivity contribution in [2.24, 2.45) is 0 Å². The van der Waals surface area contributed by atoms with Gasteiger partial charge in [0.15, 0.2) is 0 Å². The molecule has 0 heterocycles. The van der Waals surface area contributed by atoms with Crippen LogP contribution in [0.15, 0.2) is 12.1 Å². The summed E-state index contributed by atoms with van der Waals surface area (Å²) in [6.45, 7) is 4.01. The van der Waals surface area contributed by atoms with E-state index in [1.54, 1.807) is 0 Å². The Hall–Kier alpha value is -1.24. The monoisotopic (exact) mass is 161 g/mol. The van der Waals surface area contributed by atoms with E-state index in [1.165, 1.54) is 16.7 Å². The van der Waals surface area contributed by atoms with Crippen molar-refractivity contribution in [2.75, 3.05) is 0 Å². The number of hydrogen-bond acceptors (Lipinski definition) is 1. The Labute approximate surface area is 73.8 Å². The third kappa shape index (κ3) is 0.860. The van der Waals surface area contributed by atoms with Crippen LogP contribution in [-0.2, 0) is 6.42 Å². The normalized spacial score (nSPS) is 13.5. The van der Waals surface area contributed by atoms with Crippen molar-refractivity contribution < 1.29 is 6.53 Å². The molecule has 0 saturated carbocycles. The molecule has 1 aliphatic carbocycles. The Morgan fingerprint density at radius 2 is 2.17 bits per heavy atom. The van der Waals surface area contributed by atoms with E-state index in [9.17, 15) is 5.11 Å². The molecule has 1 heteroatoms. The summed E-state index contributed by atoms with van der Waals surface area (Å²) in [7, 11) is 0.